The summed E-state index contributed by atoms with van der Waals surface area (Å²) in [5, 5.41) is 20.4. The Labute approximate surface area is 210 Å². The second-order valence-corrected chi connectivity index (χ2v) is 9.16. The molecule has 1 saturated heterocycles. The van der Waals surface area contributed by atoms with Crippen LogP contribution in [-0.2, 0) is 21.6 Å². The number of nitrogens with zero attached hydrogens (tertiary/aromatic N) is 3. The van der Waals surface area contributed by atoms with Crippen molar-refractivity contribution in [2.75, 3.05) is 26.9 Å². The van der Waals surface area contributed by atoms with E-state index >= 15 is 8.78 Å². The first kappa shape index (κ1) is 27.8. The maximum absolute atomic E-state index is 15.9. The zero-order valence-corrected chi connectivity index (χ0v) is 21.0. The molecule has 0 aliphatic carbocycles. The average Bonchev–Trinajstić information content (AvgIpc) is 2.89. The molecule has 2 aromatic rings. The number of aromatic nitrogens is 1. The standard InChI is InChI=1S/C27H33F2N3O4/c1-4-10-36-25(32(3)17-22-7-6-19(15-30)16-31-22)24-20(18-33)13-21(14-23(24)28)27(34,5-2)26(29)8-11-35-12-9-26/h6-7,13-14,16,18,25,34H,4-5,8-12,17H2,1-3H3/t25-,27?/m1/s1. The van der Waals surface area contributed by atoms with E-state index in [0.29, 0.717) is 30.6 Å². The van der Waals surface area contributed by atoms with E-state index in [4.69, 9.17) is 14.7 Å². The van der Waals surface area contributed by atoms with Crippen LogP contribution in [0, 0.1) is 17.1 Å². The molecule has 2 heterocycles. The van der Waals surface area contributed by atoms with Crippen LogP contribution in [0.3, 0.4) is 0 Å². The number of pyridine rings is 1. The first-order chi connectivity index (χ1) is 17.2. The highest BCUT2D eigenvalue weighted by molar-refractivity contribution is 5.78. The van der Waals surface area contributed by atoms with Crippen LogP contribution in [0.25, 0.3) is 0 Å². The Bertz CT molecular complexity index is 1080. The predicted octanol–water partition coefficient (Wildman–Crippen LogP) is 4.58. The summed E-state index contributed by atoms with van der Waals surface area (Å²) < 4.78 is 42.9. The molecular weight excluding hydrogens is 468 g/mol. The number of alkyl halides is 1. The Morgan fingerprint density at radius 3 is 2.64 bits per heavy atom. The van der Waals surface area contributed by atoms with Crippen molar-refractivity contribution in [3.63, 3.8) is 0 Å². The molecule has 0 spiro atoms. The van der Waals surface area contributed by atoms with Gasteiger partial charge in [-0.25, -0.2) is 8.78 Å². The zero-order valence-electron chi connectivity index (χ0n) is 21.0. The number of carbonyl (C=O) groups excluding carboxylic acids is 1. The average molecular weight is 502 g/mol. The van der Waals surface area contributed by atoms with E-state index < -0.39 is 23.3 Å². The number of aliphatic hydroxyl groups is 1. The van der Waals surface area contributed by atoms with Gasteiger partial charge in [-0.05, 0) is 49.7 Å². The second kappa shape index (κ2) is 12.0. The molecular formula is C27H33F2N3O4. The SMILES string of the molecule is CCCO[C@H](c1c(F)cc(C(O)(CC)C2(F)CCOCC2)cc1C=O)N(C)Cc1ccc(C#N)cn1. The summed E-state index contributed by atoms with van der Waals surface area (Å²) in [6.45, 7) is 4.42. The van der Waals surface area contributed by atoms with E-state index in [1.165, 1.54) is 12.3 Å². The van der Waals surface area contributed by atoms with Crippen LogP contribution >= 0.6 is 0 Å². The fourth-order valence-corrected chi connectivity index (χ4v) is 4.71. The number of halogens is 2. The van der Waals surface area contributed by atoms with Crippen molar-refractivity contribution in [1.29, 1.82) is 5.26 Å². The van der Waals surface area contributed by atoms with Crippen LogP contribution in [0.1, 0.15) is 78.5 Å². The van der Waals surface area contributed by atoms with Crippen molar-refractivity contribution in [1.82, 2.24) is 9.88 Å². The number of rotatable bonds is 11. The first-order valence-electron chi connectivity index (χ1n) is 12.2. The van der Waals surface area contributed by atoms with Crippen LogP contribution in [-0.4, -0.2) is 53.8 Å². The van der Waals surface area contributed by atoms with E-state index in [1.807, 2.05) is 13.0 Å². The van der Waals surface area contributed by atoms with Gasteiger partial charge in [0.05, 0.1) is 11.3 Å². The molecule has 1 unspecified atom stereocenters. The Balaban J connectivity index is 2.01. The van der Waals surface area contributed by atoms with Crippen molar-refractivity contribution >= 4 is 6.29 Å². The van der Waals surface area contributed by atoms with Crippen LogP contribution < -0.4 is 0 Å². The lowest BCUT2D eigenvalue weighted by Crippen LogP contribution is -2.51. The lowest BCUT2D eigenvalue weighted by molar-refractivity contribution is -0.155. The van der Waals surface area contributed by atoms with Gasteiger partial charge in [-0.2, -0.15) is 5.26 Å². The minimum Gasteiger partial charge on any atom is -0.382 e. The molecule has 0 amide bonds. The summed E-state index contributed by atoms with van der Waals surface area (Å²) >= 11 is 0. The van der Waals surface area contributed by atoms with E-state index in [9.17, 15) is 9.90 Å². The van der Waals surface area contributed by atoms with Crippen LogP contribution in [0.2, 0.25) is 0 Å². The van der Waals surface area contributed by atoms with Gasteiger partial charge in [-0.1, -0.05) is 13.8 Å². The van der Waals surface area contributed by atoms with Crippen molar-refractivity contribution in [2.24, 2.45) is 0 Å². The van der Waals surface area contributed by atoms with Crippen LogP contribution in [0.5, 0.6) is 0 Å². The van der Waals surface area contributed by atoms with Gasteiger partial charge in [0.15, 0.2) is 6.29 Å². The molecule has 0 radical (unpaired) electrons. The number of nitriles is 1. The first-order valence-corrected chi connectivity index (χ1v) is 12.2. The Morgan fingerprint density at radius 2 is 2.08 bits per heavy atom. The highest BCUT2D eigenvalue weighted by atomic mass is 19.1. The van der Waals surface area contributed by atoms with Gasteiger partial charge in [0.25, 0.3) is 0 Å². The number of hydrogen-bond acceptors (Lipinski definition) is 7. The summed E-state index contributed by atoms with van der Waals surface area (Å²) in [5.41, 5.74) is -2.93. The minimum absolute atomic E-state index is 0.000607. The summed E-state index contributed by atoms with van der Waals surface area (Å²) in [6.07, 6.45) is 1.63. The lowest BCUT2D eigenvalue weighted by Gasteiger charge is -2.44. The zero-order chi connectivity index (χ0) is 26.3. The third-order valence-electron chi connectivity index (χ3n) is 6.80. The lowest BCUT2D eigenvalue weighted by atomic mass is 9.72. The van der Waals surface area contributed by atoms with Crippen molar-refractivity contribution in [2.45, 2.75) is 63.6 Å². The van der Waals surface area contributed by atoms with Gasteiger partial charge < -0.3 is 14.6 Å². The minimum atomic E-state index is -2.01. The molecule has 1 aliphatic heterocycles. The quantitative estimate of drug-likeness (QED) is 0.356. The van der Waals surface area contributed by atoms with Crippen molar-refractivity contribution in [3.05, 3.63) is 64.2 Å². The Kier molecular flexibility index (Phi) is 9.25. The number of ether oxygens (including phenoxy) is 2. The van der Waals surface area contributed by atoms with Gasteiger partial charge in [-0.3, -0.25) is 14.7 Å². The topological polar surface area (TPSA) is 95.7 Å². The smallest absolute Gasteiger partial charge is 0.150 e. The maximum atomic E-state index is 15.9. The normalized spacial score (nSPS) is 17.8. The third kappa shape index (κ3) is 5.62. The van der Waals surface area contributed by atoms with Gasteiger partial charge in [0.1, 0.15) is 29.4 Å². The second-order valence-electron chi connectivity index (χ2n) is 9.16. The Hall–Kier alpha value is -2.77. The number of benzene rings is 1. The van der Waals surface area contributed by atoms with Gasteiger partial charge in [-0.15, -0.1) is 0 Å². The number of aldehydes is 1. The molecule has 1 aromatic heterocycles. The largest absolute Gasteiger partial charge is 0.382 e. The summed E-state index contributed by atoms with van der Waals surface area (Å²) in [4.78, 5) is 18.1. The molecule has 194 valence electrons. The molecule has 0 saturated carbocycles. The summed E-state index contributed by atoms with van der Waals surface area (Å²) in [7, 11) is 1.71. The van der Waals surface area contributed by atoms with Gasteiger partial charge in [0.2, 0.25) is 0 Å². The molecule has 1 aromatic carbocycles. The fraction of sp³-hybridized carbons (Fsp3) is 0.519. The van der Waals surface area contributed by atoms with Crippen molar-refractivity contribution < 1.29 is 28.2 Å². The van der Waals surface area contributed by atoms with Crippen LogP contribution in [0.15, 0.2) is 30.5 Å². The summed E-state index contributed by atoms with van der Waals surface area (Å²) in [6, 6.07) is 7.82. The highest BCUT2D eigenvalue weighted by Crippen LogP contribution is 2.46. The third-order valence-corrected chi connectivity index (χ3v) is 6.80. The highest BCUT2D eigenvalue weighted by Gasteiger charge is 2.52. The molecule has 0 bridgehead atoms. The maximum Gasteiger partial charge on any atom is 0.150 e. The van der Waals surface area contributed by atoms with E-state index in [-0.39, 0.29) is 55.7 Å². The number of hydrogen-bond donors (Lipinski definition) is 1. The molecule has 1 fully saturated rings. The molecule has 2 atom stereocenters. The van der Waals surface area contributed by atoms with Crippen LogP contribution in [0.4, 0.5) is 8.78 Å². The van der Waals surface area contributed by atoms with Gasteiger partial charge >= 0.3 is 0 Å². The molecule has 1 N–H and O–H groups in total. The van der Waals surface area contributed by atoms with E-state index in [2.05, 4.69) is 4.98 Å². The molecule has 3 rings (SSSR count). The van der Waals surface area contributed by atoms with Gasteiger partial charge in [0, 0.05) is 56.5 Å². The van der Waals surface area contributed by atoms with E-state index in [1.54, 1.807) is 31.0 Å². The molecule has 1 aliphatic rings. The Morgan fingerprint density at radius 1 is 1.36 bits per heavy atom. The van der Waals surface area contributed by atoms with Crippen molar-refractivity contribution in [3.8, 4) is 6.07 Å². The monoisotopic (exact) mass is 501 g/mol. The molecule has 36 heavy (non-hydrogen) atoms. The van der Waals surface area contributed by atoms with E-state index in [0.717, 1.165) is 6.07 Å². The fourth-order valence-electron chi connectivity index (χ4n) is 4.71. The molecule has 7 nitrogen and oxygen atoms in total. The summed E-state index contributed by atoms with van der Waals surface area (Å²) in [5.74, 6) is -0.766. The predicted molar refractivity (Wildman–Crippen MR) is 129 cm³/mol. The molecule has 9 heteroatoms. The number of carbonyl (C=O) groups is 1.